The second kappa shape index (κ2) is 17.5. The Labute approximate surface area is 397 Å². The monoisotopic (exact) mass is 870 g/mol. The van der Waals surface area contributed by atoms with Crippen LogP contribution in [-0.4, -0.2) is 0 Å². The quantitative estimate of drug-likeness (QED) is 0.137. The smallest absolute Gasteiger partial charge is 0.137 e. The molecule has 0 atom stereocenters. The van der Waals surface area contributed by atoms with Crippen LogP contribution in [0.4, 0.5) is 34.1 Å². The fraction of sp³-hybridized carbons (Fsp3) is 0.0154. The van der Waals surface area contributed by atoms with Gasteiger partial charge in [0.15, 0.2) is 0 Å². The molecule has 1 heterocycles. The van der Waals surface area contributed by atoms with Crippen LogP contribution in [0.3, 0.4) is 0 Å². The Balaban J connectivity index is 0.844. The lowest BCUT2D eigenvalue weighted by molar-refractivity contribution is 0.669. The van der Waals surface area contributed by atoms with E-state index < -0.39 is 0 Å². The third kappa shape index (κ3) is 7.66. The summed E-state index contributed by atoms with van der Waals surface area (Å²) < 4.78 is 6.53. The average Bonchev–Trinajstić information content (AvgIpc) is 3.79. The summed E-state index contributed by atoms with van der Waals surface area (Å²) in [6.07, 6.45) is 0. The molecule has 0 bridgehead atoms. The van der Waals surface area contributed by atoms with Crippen LogP contribution in [0.25, 0.3) is 77.2 Å². The molecule has 322 valence electrons. The van der Waals surface area contributed by atoms with Crippen LogP contribution in [0.15, 0.2) is 265 Å². The van der Waals surface area contributed by atoms with E-state index in [2.05, 4.69) is 278 Å². The highest BCUT2D eigenvalue weighted by Crippen LogP contribution is 2.45. The van der Waals surface area contributed by atoms with Crippen molar-refractivity contribution in [3.05, 3.63) is 266 Å². The van der Waals surface area contributed by atoms with Gasteiger partial charge in [-0.2, -0.15) is 0 Å². The van der Waals surface area contributed by atoms with Crippen molar-refractivity contribution in [2.45, 2.75) is 6.92 Å². The standard InChI is InChI=1S/C65H46N2O/c1-45-14-13-23-63-65(45)60-41-40-59(44-64(60)68-63)67(62-43-54-18-12-11-17-53(54)42-61(62)52-15-5-2-6-16-52)58-38-34-51(35-39-58)49-30-26-47(27-31-49)46-24-28-48(29-25-46)50-32-36-57(37-33-50)66(55-19-7-3-8-20-55)56-21-9-4-10-22-56/h2-44H,1H3. The predicted molar refractivity (Wildman–Crippen MR) is 287 cm³/mol. The van der Waals surface area contributed by atoms with Gasteiger partial charge >= 0.3 is 0 Å². The molecule has 0 aliphatic rings. The minimum Gasteiger partial charge on any atom is -0.456 e. The van der Waals surface area contributed by atoms with Crippen LogP contribution in [0.5, 0.6) is 0 Å². The molecule has 0 aliphatic carbocycles. The molecule has 0 saturated carbocycles. The molecule has 12 aromatic rings. The Kier molecular flexibility index (Phi) is 10.4. The zero-order valence-corrected chi connectivity index (χ0v) is 37.6. The van der Waals surface area contributed by atoms with Gasteiger partial charge in [-0.15, -0.1) is 0 Å². The maximum Gasteiger partial charge on any atom is 0.137 e. The largest absolute Gasteiger partial charge is 0.456 e. The lowest BCUT2D eigenvalue weighted by atomic mass is 9.96. The third-order valence-electron chi connectivity index (χ3n) is 13.2. The molecule has 11 aromatic carbocycles. The zero-order valence-electron chi connectivity index (χ0n) is 37.6. The molecule has 0 unspecified atom stereocenters. The number of benzene rings is 11. The summed E-state index contributed by atoms with van der Waals surface area (Å²) in [6, 6.07) is 93.6. The number of hydrogen-bond donors (Lipinski definition) is 0. The van der Waals surface area contributed by atoms with Crippen LogP contribution in [0, 0.1) is 6.92 Å². The Morgan fingerprint density at radius 1 is 0.294 bits per heavy atom. The first-order valence-electron chi connectivity index (χ1n) is 23.2. The topological polar surface area (TPSA) is 19.6 Å². The maximum absolute atomic E-state index is 6.53. The normalized spacial score (nSPS) is 11.3. The van der Waals surface area contributed by atoms with E-state index in [0.29, 0.717) is 0 Å². The summed E-state index contributed by atoms with van der Waals surface area (Å²) in [5.41, 5.74) is 18.9. The van der Waals surface area contributed by atoms with E-state index in [0.717, 1.165) is 67.4 Å². The van der Waals surface area contributed by atoms with Gasteiger partial charge in [-0.3, -0.25) is 0 Å². The molecule has 0 radical (unpaired) electrons. The molecule has 3 nitrogen and oxygen atoms in total. The van der Waals surface area contributed by atoms with E-state index in [4.69, 9.17) is 4.42 Å². The molecule has 1 aromatic heterocycles. The Morgan fingerprint density at radius 3 is 1.25 bits per heavy atom. The molecular formula is C65H46N2O. The van der Waals surface area contributed by atoms with Crippen molar-refractivity contribution in [2.24, 2.45) is 0 Å². The highest BCUT2D eigenvalue weighted by molar-refractivity contribution is 6.08. The SMILES string of the molecule is Cc1cccc2oc3cc(N(c4ccc(-c5ccc(-c6ccc(-c7ccc(N(c8ccccc8)c8ccccc8)cc7)cc6)cc5)cc4)c4cc5ccccc5cc4-c4ccccc4)ccc3c12. The van der Waals surface area contributed by atoms with Gasteiger partial charge in [-0.25, -0.2) is 0 Å². The highest BCUT2D eigenvalue weighted by Gasteiger charge is 2.21. The van der Waals surface area contributed by atoms with Gasteiger partial charge in [-0.1, -0.05) is 176 Å². The first kappa shape index (κ1) is 40.6. The third-order valence-corrected chi connectivity index (χ3v) is 13.2. The van der Waals surface area contributed by atoms with Crippen LogP contribution < -0.4 is 9.80 Å². The van der Waals surface area contributed by atoms with Crippen molar-refractivity contribution < 1.29 is 4.42 Å². The summed E-state index contributed by atoms with van der Waals surface area (Å²) in [5, 5.41) is 4.68. The second-order valence-electron chi connectivity index (χ2n) is 17.4. The minimum atomic E-state index is 0.869. The number of hydrogen-bond acceptors (Lipinski definition) is 3. The average molecular weight is 871 g/mol. The van der Waals surface area contributed by atoms with E-state index in [-0.39, 0.29) is 0 Å². The Hall–Kier alpha value is -8.92. The number of furan rings is 1. The number of aryl methyl sites for hydroxylation is 1. The van der Waals surface area contributed by atoms with Gasteiger partial charge in [0.2, 0.25) is 0 Å². The first-order chi connectivity index (χ1) is 33.6. The summed E-state index contributed by atoms with van der Waals surface area (Å²) >= 11 is 0. The van der Waals surface area contributed by atoms with Crippen LogP contribution in [-0.2, 0) is 0 Å². The minimum absolute atomic E-state index is 0.869. The van der Waals surface area contributed by atoms with Crippen LogP contribution >= 0.6 is 0 Å². The number of fused-ring (bicyclic) bond motifs is 4. The number of nitrogens with zero attached hydrogens (tertiary/aromatic N) is 2. The van der Waals surface area contributed by atoms with Crippen molar-refractivity contribution in [2.75, 3.05) is 9.80 Å². The van der Waals surface area contributed by atoms with E-state index >= 15 is 0 Å². The van der Waals surface area contributed by atoms with E-state index in [1.807, 2.05) is 0 Å². The molecule has 12 rings (SSSR count). The molecular weight excluding hydrogens is 825 g/mol. The van der Waals surface area contributed by atoms with Crippen molar-refractivity contribution in [3.8, 4) is 44.5 Å². The fourth-order valence-electron chi connectivity index (χ4n) is 9.74. The molecule has 0 aliphatic heterocycles. The van der Waals surface area contributed by atoms with E-state index in [9.17, 15) is 0 Å². The molecule has 0 fully saturated rings. The van der Waals surface area contributed by atoms with Gasteiger partial charge in [0.25, 0.3) is 0 Å². The van der Waals surface area contributed by atoms with Crippen molar-refractivity contribution in [1.82, 2.24) is 0 Å². The van der Waals surface area contributed by atoms with Gasteiger partial charge < -0.3 is 14.2 Å². The van der Waals surface area contributed by atoms with Gasteiger partial charge in [0, 0.05) is 50.8 Å². The summed E-state index contributed by atoms with van der Waals surface area (Å²) in [4.78, 5) is 4.67. The lowest BCUT2D eigenvalue weighted by Gasteiger charge is -2.28. The first-order valence-corrected chi connectivity index (χ1v) is 23.2. The van der Waals surface area contributed by atoms with Crippen LogP contribution in [0.2, 0.25) is 0 Å². The van der Waals surface area contributed by atoms with Crippen molar-refractivity contribution in [1.29, 1.82) is 0 Å². The maximum atomic E-state index is 6.53. The zero-order chi connectivity index (χ0) is 45.4. The summed E-state index contributed by atoms with van der Waals surface area (Å²) in [7, 11) is 0. The van der Waals surface area contributed by atoms with Crippen molar-refractivity contribution >= 4 is 66.8 Å². The number of para-hydroxylation sites is 2. The molecule has 0 N–H and O–H groups in total. The summed E-state index contributed by atoms with van der Waals surface area (Å²) in [5.74, 6) is 0. The molecule has 3 heteroatoms. The van der Waals surface area contributed by atoms with Crippen molar-refractivity contribution in [3.63, 3.8) is 0 Å². The highest BCUT2D eigenvalue weighted by atomic mass is 16.3. The van der Waals surface area contributed by atoms with Gasteiger partial charge in [-0.05, 0) is 141 Å². The molecule has 0 saturated heterocycles. The second-order valence-corrected chi connectivity index (χ2v) is 17.4. The number of rotatable bonds is 10. The lowest BCUT2D eigenvalue weighted by Crippen LogP contribution is -2.11. The fourth-order valence-corrected chi connectivity index (χ4v) is 9.74. The number of anilines is 6. The molecule has 68 heavy (non-hydrogen) atoms. The molecule has 0 spiro atoms. The van der Waals surface area contributed by atoms with E-state index in [1.165, 1.54) is 49.5 Å². The van der Waals surface area contributed by atoms with Gasteiger partial charge in [0.1, 0.15) is 11.2 Å². The Bertz CT molecular complexity index is 3650. The predicted octanol–water partition coefficient (Wildman–Crippen LogP) is 18.7. The van der Waals surface area contributed by atoms with Crippen LogP contribution in [0.1, 0.15) is 5.56 Å². The Morgan fingerprint density at radius 2 is 0.721 bits per heavy atom. The molecule has 0 amide bonds. The van der Waals surface area contributed by atoms with Gasteiger partial charge in [0.05, 0.1) is 5.69 Å². The summed E-state index contributed by atoms with van der Waals surface area (Å²) in [6.45, 7) is 2.15. The van der Waals surface area contributed by atoms with E-state index in [1.54, 1.807) is 0 Å².